The van der Waals surface area contributed by atoms with Crippen molar-refractivity contribution in [2.75, 3.05) is 7.11 Å². The maximum absolute atomic E-state index is 12.2. The lowest BCUT2D eigenvalue weighted by Crippen LogP contribution is -2.12. The van der Waals surface area contributed by atoms with Gasteiger partial charge in [0.25, 0.3) is 5.56 Å². The van der Waals surface area contributed by atoms with Crippen LogP contribution in [0.3, 0.4) is 0 Å². The molecule has 3 rings (SSSR count). The van der Waals surface area contributed by atoms with E-state index >= 15 is 0 Å². The number of thiophene rings is 1. The van der Waals surface area contributed by atoms with E-state index in [1.54, 1.807) is 7.11 Å². The van der Waals surface area contributed by atoms with Crippen LogP contribution in [0.4, 0.5) is 0 Å². The third-order valence-corrected chi connectivity index (χ3v) is 4.06. The molecule has 4 nitrogen and oxygen atoms in total. The van der Waals surface area contributed by atoms with E-state index in [9.17, 15) is 10.1 Å². The van der Waals surface area contributed by atoms with Gasteiger partial charge in [0.05, 0.1) is 7.11 Å². The molecule has 0 bridgehead atoms. The third kappa shape index (κ3) is 2.52. The highest BCUT2D eigenvalue weighted by molar-refractivity contribution is 7.08. The molecule has 5 heteroatoms. The van der Waals surface area contributed by atoms with Crippen molar-refractivity contribution in [3.63, 3.8) is 0 Å². The topological polar surface area (TPSA) is 65.9 Å². The molecule has 0 aliphatic rings. The summed E-state index contributed by atoms with van der Waals surface area (Å²) in [5, 5.41) is 13.1. The number of benzene rings is 1. The first-order valence-corrected chi connectivity index (χ1v) is 7.51. The minimum atomic E-state index is -0.378. The summed E-state index contributed by atoms with van der Waals surface area (Å²) in [7, 11) is 1.60. The first kappa shape index (κ1) is 14.1. The van der Waals surface area contributed by atoms with E-state index in [2.05, 4.69) is 4.98 Å². The summed E-state index contributed by atoms with van der Waals surface area (Å²) >= 11 is 1.53. The smallest absolute Gasteiger partial charge is 0.266 e. The first-order chi connectivity index (χ1) is 10.7. The lowest BCUT2D eigenvalue weighted by atomic mass is 10.0. The Morgan fingerprint density at radius 1 is 1.18 bits per heavy atom. The zero-order chi connectivity index (χ0) is 15.5. The second-order valence-corrected chi connectivity index (χ2v) is 5.43. The minimum Gasteiger partial charge on any atom is -0.497 e. The number of pyridine rings is 1. The molecular weight excluding hydrogens is 296 g/mol. The molecule has 0 aliphatic heterocycles. The van der Waals surface area contributed by atoms with Crippen molar-refractivity contribution >= 4 is 11.3 Å². The monoisotopic (exact) mass is 308 g/mol. The fourth-order valence-electron chi connectivity index (χ4n) is 2.24. The van der Waals surface area contributed by atoms with Crippen LogP contribution in [0.1, 0.15) is 5.56 Å². The Kier molecular flexibility index (Phi) is 3.77. The number of ether oxygens (including phenoxy) is 1. The highest BCUT2D eigenvalue weighted by Crippen LogP contribution is 2.28. The molecule has 1 aromatic carbocycles. The zero-order valence-corrected chi connectivity index (χ0v) is 12.6. The predicted octanol–water partition coefficient (Wildman–Crippen LogP) is 3.65. The van der Waals surface area contributed by atoms with Gasteiger partial charge < -0.3 is 9.72 Å². The molecule has 0 saturated heterocycles. The van der Waals surface area contributed by atoms with Gasteiger partial charge in [0, 0.05) is 11.3 Å². The number of methoxy groups -OCH3 is 1. The van der Waals surface area contributed by atoms with Crippen LogP contribution >= 0.6 is 11.3 Å². The molecule has 0 saturated carbocycles. The van der Waals surface area contributed by atoms with Crippen LogP contribution in [0.2, 0.25) is 0 Å². The van der Waals surface area contributed by atoms with Crippen LogP contribution in [0.25, 0.3) is 22.4 Å². The largest absolute Gasteiger partial charge is 0.497 e. The number of nitrogens with one attached hydrogen (secondary N) is 1. The van der Waals surface area contributed by atoms with E-state index < -0.39 is 0 Å². The van der Waals surface area contributed by atoms with Gasteiger partial charge in [0.15, 0.2) is 0 Å². The van der Waals surface area contributed by atoms with Crippen molar-refractivity contribution in [3.8, 4) is 34.2 Å². The number of H-pyrrole nitrogens is 1. The first-order valence-electron chi connectivity index (χ1n) is 6.57. The third-order valence-electron chi connectivity index (χ3n) is 3.38. The van der Waals surface area contributed by atoms with Crippen molar-refractivity contribution in [2.24, 2.45) is 0 Å². The second-order valence-electron chi connectivity index (χ2n) is 4.65. The van der Waals surface area contributed by atoms with E-state index in [0.29, 0.717) is 11.3 Å². The van der Waals surface area contributed by atoms with E-state index in [-0.39, 0.29) is 11.1 Å². The summed E-state index contributed by atoms with van der Waals surface area (Å²) in [6.45, 7) is 0. The molecule has 22 heavy (non-hydrogen) atoms. The molecule has 2 aromatic heterocycles. The molecule has 108 valence electrons. The van der Waals surface area contributed by atoms with E-state index in [0.717, 1.165) is 16.9 Å². The van der Waals surface area contributed by atoms with Crippen LogP contribution in [0.15, 0.2) is 52.0 Å². The number of nitriles is 1. The van der Waals surface area contributed by atoms with Crippen LogP contribution < -0.4 is 10.3 Å². The summed E-state index contributed by atoms with van der Waals surface area (Å²) < 4.78 is 5.13. The van der Waals surface area contributed by atoms with E-state index in [1.165, 1.54) is 11.3 Å². The molecule has 1 N–H and O–H groups in total. The van der Waals surface area contributed by atoms with E-state index in [1.807, 2.05) is 53.2 Å². The van der Waals surface area contributed by atoms with Crippen molar-refractivity contribution in [1.82, 2.24) is 4.98 Å². The van der Waals surface area contributed by atoms with Gasteiger partial charge >= 0.3 is 0 Å². The average Bonchev–Trinajstić information content (AvgIpc) is 3.08. The summed E-state index contributed by atoms with van der Waals surface area (Å²) in [6.07, 6.45) is 0. The summed E-state index contributed by atoms with van der Waals surface area (Å²) in [6, 6.07) is 13.1. The molecule has 2 heterocycles. The number of nitrogens with zero attached hydrogens (tertiary/aromatic N) is 1. The second kappa shape index (κ2) is 5.88. The fraction of sp³-hybridized carbons (Fsp3) is 0.0588. The normalized spacial score (nSPS) is 10.2. The zero-order valence-electron chi connectivity index (χ0n) is 11.8. The fourth-order valence-corrected chi connectivity index (χ4v) is 2.90. The van der Waals surface area contributed by atoms with Gasteiger partial charge in [0.1, 0.15) is 17.4 Å². The SMILES string of the molecule is COc1ccc(-c2cc(-c3ccsc3)c(C#N)c(=O)[nH]2)cc1. The molecule has 0 unspecified atom stereocenters. The Balaban J connectivity index is 2.18. The maximum Gasteiger partial charge on any atom is 0.266 e. The Bertz CT molecular complexity index is 888. The van der Waals surface area contributed by atoms with Crippen molar-refractivity contribution in [1.29, 1.82) is 5.26 Å². The highest BCUT2D eigenvalue weighted by Gasteiger charge is 2.12. The van der Waals surface area contributed by atoms with Gasteiger partial charge in [0.2, 0.25) is 0 Å². The predicted molar refractivity (Wildman–Crippen MR) is 87.1 cm³/mol. The lowest BCUT2D eigenvalue weighted by molar-refractivity contribution is 0.415. The quantitative estimate of drug-likeness (QED) is 0.803. The number of hydrogen-bond acceptors (Lipinski definition) is 4. The van der Waals surface area contributed by atoms with Gasteiger partial charge in [-0.15, -0.1) is 0 Å². The molecule has 0 fully saturated rings. The van der Waals surface area contributed by atoms with Gasteiger partial charge in [-0.25, -0.2) is 0 Å². The van der Waals surface area contributed by atoms with Crippen LogP contribution in [0.5, 0.6) is 5.75 Å². The molecule has 0 spiro atoms. The molecule has 0 atom stereocenters. The Labute approximate surface area is 131 Å². The highest BCUT2D eigenvalue weighted by atomic mass is 32.1. The van der Waals surface area contributed by atoms with Crippen LogP contribution in [-0.2, 0) is 0 Å². The average molecular weight is 308 g/mol. The summed E-state index contributed by atoms with van der Waals surface area (Å²) in [5.41, 5.74) is 2.82. The minimum absolute atomic E-state index is 0.135. The Hall–Kier alpha value is -2.84. The van der Waals surface area contributed by atoms with Gasteiger partial charge in [-0.05, 0) is 58.3 Å². The van der Waals surface area contributed by atoms with Crippen LogP contribution in [-0.4, -0.2) is 12.1 Å². The summed E-state index contributed by atoms with van der Waals surface area (Å²) in [5.74, 6) is 0.748. The number of aromatic nitrogens is 1. The van der Waals surface area contributed by atoms with Crippen LogP contribution in [0, 0.1) is 11.3 Å². The van der Waals surface area contributed by atoms with Crippen molar-refractivity contribution in [2.45, 2.75) is 0 Å². The molecule has 0 aliphatic carbocycles. The molecule has 0 amide bonds. The standard InChI is InChI=1S/C17H12N2O2S/c1-21-13-4-2-11(3-5-13)16-8-14(12-6-7-22-10-12)15(9-18)17(20)19-16/h2-8,10H,1H3,(H,19,20). The number of aromatic amines is 1. The van der Waals surface area contributed by atoms with Crippen molar-refractivity contribution in [3.05, 3.63) is 63.1 Å². The Morgan fingerprint density at radius 2 is 1.95 bits per heavy atom. The maximum atomic E-state index is 12.2. The lowest BCUT2D eigenvalue weighted by Gasteiger charge is -2.07. The number of hydrogen-bond donors (Lipinski definition) is 1. The molecule has 3 aromatic rings. The van der Waals surface area contributed by atoms with E-state index in [4.69, 9.17) is 4.74 Å². The molecular formula is C17H12N2O2S. The van der Waals surface area contributed by atoms with Gasteiger partial charge in [-0.1, -0.05) is 0 Å². The number of rotatable bonds is 3. The molecule has 0 radical (unpaired) electrons. The van der Waals surface area contributed by atoms with Gasteiger partial charge in [-0.2, -0.15) is 16.6 Å². The Morgan fingerprint density at radius 3 is 2.55 bits per heavy atom. The van der Waals surface area contributed by atoms with Gasteiger partial charge in [-0.3, -0.25) is 4.79 Å². The van der Waals surface area contributed by atoms with Crippen molar-refractivity contribution < 1.29 is 4.74 Å². The summed E-state index contributed by atoms with van der Waals surface area (Å²) in [4.78, 5) is 15.0.